The number of phenolic OH excluding ortho intramolecular Hbond substituents is 1. The van der Waals surface area contributed by atoms with Crippen molar-refractivity contribution < 1.29 is 19.1 Å². The highest BCUT2D eigenvalue weighted by atomic mass is 32.2. The Morgan fingerprint density at radius 1 is 1.29 bits per heavy atom. The number of nitrogens with zero attached hydrogens (tertiary/aromatic N) is 3. The Morgan fingerprint density at radius 2 is 2.06 bits per heavy atom. The molecule has 2 unspecified atom stereocenters. The van der Waals surface area contributed by atoms with Gasteiger partial charge in [-0.1, -0.05) is 32.9 Å². The van der Waals surface area contributed by atoms with Gasteiger partial charge < -0.3 is 24.4 Å². The van der Waals surface area contributed by atoms with Crippen LogP contribution in [0.4, 0.5) is 11.5 Å². The van der Waals surface area contributed by atoms with E-state index in [1.807, 2.05) is 45.0 Å². The molecular weight excluding hydrogens is 418 g/mol. The Kier molecular flexibility index (Phi) is 5.31. The first-order valence-electron chi connectivity index (χ1n) is 9.50. The van der Waals surface area contributed by atoms with Gasteiger partial charge in [0, 0.05) is 4.37 Å². The lowest BCUT2D eigenvalue weighted by Crippen LogP contribution is -2.21. The molecular formula is C21H21N5O4S. The SMILES string of the molecule is CC(C)(C)C(N=c1[nH][s+]([O-])nc1Nc1cccc(C#N)c1O)c1ccc2c(c1)OCO2. The topological polar surface area (TPSA) is 139 Å². The van der Waals surface area contributed by atoms with Crippen molar-refractivity contribution in [1.82, 2.24) is 8.75 Å². The summed E-state index contributed by atoms with van der Waals surface area (Å²) in [6, 6.07) is 12.0. The van der Waals surface area contributed by atoms with Crippen LogP contribution in [-0.2, 0) is 0 Å². The molecule has 1 aromatic heterocycles. The molecule has 3 aromatic rings. The van der Waals surface area contributed by atoms with Crippen molar-refractivity contribution in [2.24, 2.45) is 10.4 Å². The van der Waals surface area contributed by atoms with E-state index in [9.17, 15) is 9.66 Å². The zero-order valence-corrected chi connectivity index (χ0v) is 18.0. The average molecular weight is 439 g/mol. The molecule has 0 spiro atoms. The van der Waals surface area contributed by atoms with Crippen molar-refractivity contribution in [1.29, 1.82) is 5.26 Å². The molecule has 1 aliphatic rings. The summed E-state index contributed by atoms with van der Waals surface area (Å²) in [5.41, 5.74) is 1.28. The normalized spacial score (nSPS) is 14.9. The lowest BCUT2D eigenvalue weighted by molar-refractivity contribution is 0.174. The van der Waals surface area contributed by atoms with Gasteiger partial charge in [0.25, 0.3) is 0 Å². The third kappa shape index (κ3) is 4.19. The number of rotatable bonds is 4. The monoisotopic (exact) mass is 439 g/mol. The molecule has 0 amide bonds. The molecule has 0 aliphatic carbocycles. The van der Waals surface area contributed by atoms with E-state index in [-0.39, 0.29) is 46.6 Å². The number of H-pyrrole nitrogens is 1. The maximum Gasteiger partial charge on any atom is 0.236 e. The first-order valence-corrected chi connectivity index (χ1v) is 10.6. The standard InChI is InChI=1S/C21H21N5O4S/c1-21(2,3)18(12-7-8-15-16(9-12)30-11-29-15)24-20-19(25-31(28)26-20)23-14-6-4-5-13(10-22)17(14)27/h4-9,18,27H,11H2,1-3H3,(H,23,25)(H,24,26). The van der Waals surface area contributed by atoms with E-state index in [1.165, 1.54) is 6.07 Å². The molecule has 4 rings (SSSR count). The molecule has 31 heavy (non-hydrogen) atoms. The number of fused-ring (bicyclic) bond motifs is 1. The third-order valence-electron chi connectivity index (χ3n) is 4.78. The molecule has 0 bridgehead atoms. The molecule has 0 radical (unpaired) electrons. The van der Waals surface area contributed by atoms with Crippen molar-refractivity contribution in [2.45, 2.75) is 26.8 Å². The number of aromatic amines is 1. The van der Waals surface area contributed by atoms with Gasteiger partial charge >= 0.3 is 0 Å². The van der Waals surface area contributed by atoms with E-state index in [4.69, 9.17) is 19.7 Å². The quantitative estimate of drug-likeness (QED) is 0.414. The maximum absolute atomic E-state index is 12.1. The summed E-state index contributed by atoms with van der Waals surface area (Å²) < 4.78 is 29.8. The third-order valence-corrected chi connectivity index (χ3v) is 5.50. The summed E-state index contributed by atoms with van der Waals surface area (Å²) in [5.74, 6) is 1.33. The zero-order chi connectivity index (χ0) is 22.2. The number of benzene rings is 2. The molecule has 2 heterocycles. The van der Waals surface area contributed by atoms with E-state index in [1.54, 1.807) is 12.1 Å². The Hall–Kier alpha value is -3.55. The second-order valence-corrected chi connectivity index (χ2v) is 8.97. The summed E-state index contributed by atoms with van der Waals surface area (Å²) in [6.45, 7) is 6.32. The Balaban J connectivity index is 1.77. The summed E-state index contributed by atoms with van der Waals surface area (Å²) in [7, 11) is 0. The van der Waals surface area contributed by atoms with Gasteiger partial charge in [0.2, 0.25) is 18.1 Å². The number of anilines is 2. The number of aromatic nitrogens is 2. The Bertz CT molecular complexity index is 1240. The number of ether oxygens (including phenoxy) is 2. The van der Waals surface area contributed by atoms with Gasteiger partial charge in [0.15, 0.2) is 28.4 Å². The summed E-state index contributed by atoms with van der Waals surface area (Å²) in [5, 5.41) is 22.3. The Labute approximate surface area is 181 Å². The van der Waals surface area contributed by atoms with Crippen molar-refractivity contribution >= 4 is 22.6 Å². The second kappa shape index (κ2) is 7.94. The molecule has 2 atom stereocenters. The number of nitrogens with one attached hydrogen (secondary N) is 2. The molecule has 160 valence electrons. The van der Waals surface area contributed by atoms with E-state index in [0.717, 1.165) is 5.56 Å². The highest BCUT2D eigenvalue weighted by Crippen LogP contribution is 2.41. The van der Waals surface area contributed by atoms with Crippen LogP contribution in [-0.4, -0.2) is 25.2 Å². The van der Waals surface area contributed by atoms with Gasteiger partial charge in [0.1, 0.15) is 6.07 Å². The molecule has 9 nitrogen and oxygen atoms in total. The van der Waals surface area contributed by atoms with E-state index in [0.29, 0.717) is 11.5 Å². The van der Waals surface area contributed by atoms with Gasteiger partial charge in [-0.05, 0) is 35.2 Å². The number of hydrogen-bond donors (Lipinski definition) is 3. The highest BCUT2D eigenvalue weighted by Gasteiger charge is 2.28. The first-order chi connectivity index (χ1) is 14.8. The molecule has 0 saturated carbocycles. The van der Waals surface area contributed by atoms with Crippen LogP contribution in [0.3, 0.4) is 0 Å². The van der Waals surface area contributed by atoms with Crippen LogP contribution >= 0.6 is 11.1 Å². The van der Waals surface area contributed by atoms with Gasteiger partial charge in [-0.25, -0.2) is 0 Å². The highest BCUT2D eigenvalue weighted by molar-refractivity contribution is 7.13. The van der Waals surface area contributed by atoms with E-state index in [2.05, 4.69) is 14.1 Å². The fourth-order valence-corrected chi connectivity index (χ4v) is 3.95. The van der Waals surface area contributed by atoms with Crippen LogP contribution in [0.5, 0.6) is 17.2 Å². The number of para-hydroxylation sites is 1. The predicted octanol–water partition coefficient (Wildman–Crippen LogP) is 3.87. The van der Waals surface area contributed by atoms with Crippen LogP contribution < -0.4 is 20.3 Å². The zero-order valence-electron chi connectivity index (χ0n) is 17.2. The van der Waals surface area contributed by atoms with Gasteiger partial charge in [0.05, 0.1) is 17.3 Å². The number of aromatic hydroxyl groups is 1. The molecule has 0 fully saturated rings. The summed E-state index contributed by atoms with van der Waals surface area (Å²) in [6.07, 6.45) is 0. The molecule has 2 aromatic carbocycles. The average Bonchev–Trinajstić information content (AvgIpc) is 3.32. The van der Waals surface area contributed by atoms with Crippen molar-refractivity contribution in [2.75, 3.05) is 12.1 Å². The van der Waals surface area contributed by atoms with Gasteiger partial charge in [-0.15, -0.1) is 4.37 Å². The lowest BCUT2D eigenvalue weighted by atomic mass is 9.82. The molecule has 0 saturated heterocycles. The Morgan fingerprint density at radius 3 is 2.81 bits per heavy atom. The minimum atomic E-state index is -1.72. The fourth-order valence-electron chi connectivity index (χ4n) is 3.29. The van der Waals surface area contributed by atoms with Crippen LogP contribution in [0.15, 0.2) is 41.4 Å². The molecule has 10 heteroatoms. The van der Waals surface area contributed by atoms with Crippen molar-refractivity contribution in [3.8, 4) is 23.3 Å². The lowest BCUT2D eigenvalue weighted by Gasteiger charge is -2.27. The molecule has 3 N–H and O–H groups in total. The first kappa shape index (κ1) is 20.7. The van der Waals surface area contributed by atoms with Gasteiger partial charge in [-0.3, -0.25) is 4.99 Å². The smallest absolute Gasteiger partial charge is 0.236 e. The minimum Gasteiger partial charge on any atom is -0.548 e. The van der Waals surface area contributed by atoms with Crippen molar-refractivity contribution in [3.63, 3.8) is 0 Å². The second-order valence-electron chi connectivity index (χ2n) is 8.09. The number of hydrogen-bond acceptors (Lipinski definition) is 8. The van der Waals surface area contributed by atoms with Gasteiger partial charge in [-0.2, -0.15) is 5.26 Å². The maximum atomic E-state index is 12.1. The largest absolute Gasteiger partial charge is 0.548 e. The number of phenols is 1. The summed E-state index contributed by atoms with van der Waals surface area (Å²) >= 11 is -1.72. The van der Waals surface area contributed by atoms with Crippen LogP contribution in [0, 0.1) is 16.7 Å². The van der Waals surface area contributed by atoms with E-state index >= 15 is 0 Å². The number of nitriles is 1. The van der Waals surface area contributed by atoms with E-state index < -0.39 is 11.1 Å². The fraction of sp³-hybridized carbons (Fsp3) is 0.286. The molecule has 1 aliphatic heterocycles. The minimum absolute atomic E-state index is 0.115. The van der Waals surface area contributed by atoms with Crippen LogP contribution in [0.1, 0.15) is 37.9 Å². The predicted molar refractivity (Wildman–Crippen MR) is 114 cm³/mol. The summed E-state index contributed by atoms with van der Waals surface area (Å²) in [4.78, 5) is 4.82. The van der Waals surface area contributed by atoms with Crippen molar-refractivity contribution in [3.05, 3.63) is 53.0 Å². The van der Waals surface area contributed by atoms with Crippen LogP contribution in [0.25, 0.3) is 0 Å². The van der Waals surface area contributed by atoms with Crippen LogP contribution in [0.2, 0.25) is 0 Å².